The summed E-state index contributed by atoms with van der Waals surface area (Å²) in [7, 11) is -2.26. The van der Waals surface area contributed by atoms with Gasteiger partial charge >= 0.3 is 5.76 Å². The fourth-order valence-electron chi connectivity index (χ4n) is 3.53. The predicted molar refractivity (Wildman–Crippen MR) is 103 cm³/mol. The average Bonchev–Trinajstić information content (AvgIpc) is 3.34. The Labute approximate surface area is 166 Å². The van der Waals surface area contributed by atoms with Gasteiger partial charge < -0.3 is 14.2 Å². The number of aryl methyl sites for hydroxylation is 1. The molecule has 1 aliphatic heterocycles. The number of amides is 1. The lowest BCUT2D eigenvalue weighted by Gasteiger charge is -2.31. The van der Waals surface area contributed by atoms with Crippen LogP contribution < -0.4 is 11.1 Å². The fraction of sp³-hybridized carbons (Fsp3) is 0.368. The minimum atomic E-state index is -3.82. The third kappa shape index (κ3) is 3.73. The maximum Gasteiger partial charge on any atom is 0.419 e. The molecule has 9 nitrogen and oxygen atoms in total. The van der Waals surface area contributed by atoms with Crippen molar-refractivity contribution in [2.45, 2.75) is 24.3 Å². The van der Waals surface area contributed by atoms with Gasteiger partial charge in [-0.1, -0.05) is 0 Å². The van der Waals surface area contributed by atoms with Crippen LogP contribution in [0.15, 0.2) is 55.1 Å². The molecule has 1 amide bonds. The number of nitrogens with one attached hydrogen (secondary N) is 1. The molecule has 1 aromatic carbocycles. The first-order valence-corrected chi connectivity index (χ1v) is 10.7. The van der Waals surface area contributed by atoms with Gasteiger partial charge in [0.25, 0.3) is 0 Å². The molecule has 2 aromatic heterocycles. The van der Waals surface area contributed by atoms with Gasteiger partial charge in [-0.2, -0.15) is 4.31 Å². The molecule has 1 saturated heterocycles. The standard InChI is InChI=1S/C19H21N3O6S/c1-21-16-7-6-15(10-17(16)28-19(21)24)29(25,26)22-8-2-4-13(12-22)18(23)20-11-14-5-3-9-27-14/h3,5-7,9-10,13H,2,4,8,11-12H2,1H3,(H,20,23)/t13-/m0/s1. The lowest BCUT2D eigenvalue weighted by atomic mass is 9.99. The molecule has 0 unspecified atom stereocenters. The minimum absolute atomic E-state index is 0.0380. The maximum atomic E-state index is 13.1. The molecule has 154 valence electrons. The summed E-state index contributed by atoms with van der Waals surface area (Å²) in [5.41, 5.74) is 0.728. The molecule has 1 atom stereocenters. The van der Waals surface area contributed by atoms with Crippen molar-refractivity contribution >= 4 is 27.0 Å². The highest BCUT2D eigenvalue weighted by atomic mass is 32.2. The Morgan fingerprint density at radius 3 is 2.90 bits per heavy atom. The van der Waals surface area contributed by atoms with Crippen LogP contribution in [0.5, 0.6) is 0 Å². The van der Waals surface area contributed by atoms with Gasteiger partial charge in [-0.05, 0) is 37.1 Å². The summed E-state index contributed by atoms with van der Waals surface area (Å²) in [5.74, 6) is -0.560. The monoisotopic (exact) mass is 419 g/mol. The van der Waals surface area contributed by atoms with Crippen LogP contribution in [-0.2, 0) is 28.4 Å². The van der Waals surface area contributed by atoms with Crippen molar-refractivity contribution in [3.05, 3.63) is 52.9 Å². The highest BCUT2D eigenvalue weighted by Crippen LogP contribution is 2.26. The minimum Gasteiger partial charge on any atom is -0.467 e. The lowest BCUT2D eigenvalue weighted by molar-refractivity contribution is -0.126. The van der Waals surface area contributed by atoms with Crippen LogP contribution in [0, 0.1) is 5.92 Å². The van der Waals surface area contributed by atoms with Crippen LogP contribution in [0.2, 0.25) is 0 Å². The van der Waals surface area contributed by atoms with Gasteiger partial charge in [0, 0.05) is 26.2 Å². The molecule has 1 aliphatic rings. The third-order valence-corrected chi connectivity index (χ3v) is 7.03. The molecule has 1 N–H and O–H groups in total. The van der Waals surface area contributed by atoms with E-state index < -0.39 is 21.7 Å². The van der Waals surface area contributed by atoms with E-state index in [4.69, 9.17) is 8.83 Å². The quantitative estimate of drug-likeness (QED) is 0.669. The van der Waals surface area contributed by atoms with Gasteiger partial charge in [0.2, 0.25) is 15.9 Å². The Kier molecular flexibility index (Phi) is 5.05. The number of fused-ring (bicyclic) bond motifs is 1. The second-order valence-corrected chi connectivity index (χ2v) is 8.99. The van der Waals surface area contributed by atoms with E-state index in [1.165, 1.54) is 27.3 Å². The normalized spacial score (nSPS) is 18.2. The number of oxazole rings is 1. The van der Waals surface area contributed by atoms with E-state index in [0.717, 1.165) is 0 Å². The van der Waals surface area contributed by atoms with Crippen molar-refractivity contribution < 1.29 is 22.0 Å². The molecule has 10 heteroatoms. The number of nitrogens with zero attached hydrogens (tertiary/aromatic N) is 2. The van der Waals surface area contributed by atoms with Gasteiger partial charge in [-0.3, -0.25) is 9.36 Å². The summed E-state index contributed by atoms with van der Waals surface area (Å²) >= 11 is 0. The molecule has 3 heterocycles. The van der Waals surface area contributed by atoms with Crippen LogP contribution in [0.1, 0.15) is 18.6 Å². The highest BCUT2D eigenvalue weighted by Gasteiger charge is 2.33. The Hall–Kier alpha value is -2.85. The summed E-state index contributed by atoms with van der Waals surface area (Å²) < 4.78 is 39.1. The third-order valence-electron chi connectivity index (χ3n) is 5.17. The van der Waals surface area contributed by atoms with Crippen LogP contribution in [0.25, 0.3) is 11.1 Å². The van der Waals surface area contributed by atoms with Gasteiger partial charge in [0.1, 0.15) is 5.76 Å². The van der Waals surface area contributed by atoms with E-state index in [1.54, 1.807) is 25.2 Å². The zero-order valence-electron chi connectivity index (χ0n) is 15.8. The molecular weight excluding hydrogens is 398 g/mol. The SMILES string of the molecule is Cn1c(=O)oc2cc(S(=O)(=O)N3CCC[C@H](C(=O)NCc4ccco4)C3)ccc21. The van der Waals surface area contributed by atoms with Crippen molar-refractivity contribution in [2.75, 3.05) is 13.1 Å². The summed E-state index contributed by atoms with van der Waals surface area (Å²) in [5, 5.41) is 2.79. The summed E-state index contributed by atoms with van der Waals surface area (Å²) in [6.45, 7) is 0.697. The van der Waals surface area contributed by atoms with Crippen molar-refractivity contribution in [1.29, 1.82) is 0 Å². The number of hydrogen-bond acceptors (Lipinski definition) is 6. The zero-order valence-corrected chi connectivity index (χ0v) is 16.6. The Morgan fingerprint density at radius 1 is 1.31 bits per heavy atom. The predicted octanol–water partition coefficient (Wildman–Crippen LogP) is 1.44. The summed E-state index contributed by atoms with van der Waals surface area (Å²) in [4.78, 5) is 24.2. The van der Waals surface area contributed by atoms with Crippen molar-refractivity contribution in [3.8, 4) is 0 Å². The molecule has 4 rings (SSSR count). The highest BCUT2D eigenvalue weighted by molar-refractivity contribution is 7.89. The lowest BCUT2D eigenvalue weighted by Crippen LogP contribution is -2.45. The van der Waals surface area contributed by atoms with Crippen LogP contribution >= 0.6 is 0 Å². The van der Waals surface area contributed by atoms with E-state index in [0.29, 0.717) is 30.7 Å². The zero-order chi connectivity index (χ0) is 20.6. The number of piperidine rings is 1. The van der Waals surface area contributed by atoms with Crippen LogP contribution in [0.3, 0.4) is 0 Å². The largest absolute Gasteiger partial charge is 0.467 e. The molecule has 0 aliphatic carbocycles. The average molecular weight is 419 g/mol. The van der Waals surface area contributed by atoms with E-state index >= 15 is 0 Å². The Balaban J connectivity index is 1.50. The van der Waals surface area contributed by atoms with Crippen LogP contribution in [0.4, 0.5) is 0 Å². The first-order valence-electron chi connectivity index (χ1n) is 9.26. The van der Waals surface area contributed by atoms with Gasteiger partial charge in [-0.25, -0.2) is 13.2 Å². The van der Waals surface area contributed by atoms with Crippen molar-refractivity contribution in [3.63, 3.8) is 0 Å². The molecule has 0 radical (unpaired) electrons. The van der Waals surface area contributed by atoms with E-state index in [2.05, 4.69) is 5.32 Å². The fourth-order valence-corrected chi connectivity index (χ4v) is 5.07. The molecule has 0 bridgehead atoms. The van der Waals surface area contributed by atoms with Crippen molar-refractivity contribution in [1.82, 2.24) is 14.2 Å². The second-order valence-electron chi connectivity index (χ2n) is 7.06. The number of rotatable bonds is 5. The van der Waals surface area contributed by atoms with E-state index in [-0.39, 0.29) is 29.5 Å². The summed E-state index contributed by atoms with van der Waals surface area (Å²) in [6, 6.07) is 7.85. The molecule has 29 heavy (non-hydrogen) atoms. The van der Waals surface area contributed by atoms with Gasteiger partial charge in [0.05, 0.1) is 29.1 Å². The molecule has 1 fully saturated rings. The Morgan fingerprint density at radius 2 is 2.14 bits per heavy atom. The summed E-state index contributed by atoms with van der Waals surface area (Å²) in [6.07, 6.45) is 2.73. The van der Waals surface area contributed by atoms with Gasteiger partial charge in [-0.15, -0.1) is 0 Å². The molecular formula is C19H21N3O6S. The first kappa shape index (κ1) is 19.5. The smallest absolute Gasteiger partial charge is 0.419 e. The van der Waals surface area contributed by atoms with E-state index in [1.807, 2.05) is 0 Å². The number of aromatic nitrogens is 1. The van der Waals surface area contributed by atoms with Crippen molar-refractivity contribution in [2.24, 2.45) is 13.0 Å². The topological polar surface area (TPSA) is 115 Å². The van der Waals surface area contributed by atoms with E-state index in [9.17, 15) is 18.0 Å². The first-order chi connectivity index (χ1) is 13.9. The van der Waals surface area contributed by atoms with Crippen LogP contribution in [-0.4, -0.2) is 36.3 Å². The van der Waals surface area contributed by atoms with Gasteiger partial charge in [0.15, 0.2) is 5.58 Å². The Bertz CT molecular complexity index is 1190. The molecule has 0 saturated carbocycles. The maximum absolute atomic E-state index is 13.1. The number of furan rings is 1. The second kappa shape index (κ2) is 7.53. The number of carbonyl (C=O) groups excluding carboxylic acids is 1. The number of sulfonamides is 1. The molecule has 3 aromatic rings. The molecule has 0 spiro atoms. The number of carbonyl (C=O) groups is 1. The number of hydrogen-bond donors (Lipinski definition) is 1. The number of benzene rings is 1.